The molecule has 0 radical (unpaired) electrons. The van der Waals surface area contributed by atoms with E-state index in [2.05, 4.69) is 5.10 Å². The van der Waals surface area contributed by atoms with E-state index in [9.17, 15) is 5.11 Å². The van der Waals surface area contributed by atoms with E-state index in [0.717, 1.165) is 22.4 Å². The van der Waals surface area contributed by atoms with Gasteiger partial charge in [0.1, 0.15) is 5.75 Å². The predicted octanol–water partition coefficient (Wildman–Crippen LogP) is 1.09. The van der Waals surface area contributed by atoms with E-state index >= 15 is 0 Å². The number of nitrogens with zero attached hydrogens (tertiary/aromatic N) is 2. The number of nitrogens with two attached hydrogens (primary N) is 1. The second-order valence-electron chi connectivity index (χ2n) is 4.11. The molecule has 0 aliphatic rings. The normalized spacial score (nSPS) is 12.4. The third-order valence-corrected chi connectivity index (χ3v) is 2.85. The van der Waals surface area contributed by atoms with Crippen LogP contribution in [-0.4, -0.2) is 28.5 Å². The standard InChI is InChI=1S/C13H17N3O2/c1-16-8-10(7-15-16)11-5-9(12(17)6-14)3-4-13(11)18-2/h3-5,7-8,12,17H,6,14H2,1-2H3/t12-/m0/s1. The van der Waals surface area contributed by atoms with Gasteiger partial charge in [0.05, 0.1) is 19.4 Å². The van der Waals surface area contributed by atoms with Gasteiger partial charge in [0.15, 0.2) is 0 Å². The van der Waals surface area contributed by atoms with E-state index in [1.807, 2.05) is 31.4 Å². The number of aliphatic hydroxyl groups is 1. The van der Waals surface area contributed by atoms with Gasteiger partial charge in [0, 0.05) is 30.9 Å². The minimum atomic E-state index is -0.661. The molecule has 0 bridgehead atoms. The topological polar surface area (TPSA) is 73.3 Å². The molecule has 18 heavy (non-hydrogen) atoms. The molecule has 0 unspecified atom stereocenters. The van der Waals surface area contributed by atoms with E-state index in [1.165, 1.54) is 0 Å². The SMILES string of the molecule is COc1ccc([C@@H](O)CN)cc1-c1cnn(C)c1. The molecule has 1 atom stereocenters. The first-order valence-corrected chi connectivity index (χ1v) is 5.70. The Kier molecular flexibility index (Phi) is 3.64. The number of aryl methyl sites for hydroxylation is 1. The second kappa shape index (κ2) is 5.20. The van der Waals surface area contributed by atoms with Crippen LogP contribution in [0, 0.1) is 0 Å². The minimum absolute atomic E-state index is 0.193. The molecule has 0 spiro atoms. The van der Waals surface area contributed by atoms with E-state index in [4.69, 9.17) is 10.5 Å². The van der Waals surface area contributed by atoms with Crippen LogP contribution in [0.25, 0.3) is 11.1 Å². The van der Waals surface area contributed by atoms with E-state index in [0.29, 0.717) is 0 Å². The minimum Gasteiger partial charge on any atom is -0.496 e. The first kappa shape index (κ1) is 12.6. The van der Waals surface area contributed by atoms with Crippen molar-refractivity contribution in [3.05, 3.63) is 36.2 Å². The molecule has 1 aromatic heterocycles. The molecule has 0 aliphatic carbocycles. The average Bonchev–Trinajstić information content (AvgIpc) is 2.83. The Morgan fingerprint density at radius 1 is 1.50 bits per heavy atom. The van der Waals surface area contributed by atoms with Crippen LogP contribution in [-0.2, 0) is 7.05 Å². The maximum atomic E-state index is 9.78. The molecule has 0 amide bonds. The highest BCUT2D eigenvalue weighted by atomic mass is 16.5. The number of ether oxygens (including phenoxy) is 1. The highest BCUT2D eigenvalue weighted by molar-refractivity contribution is 5.70. The molecule has 0 fully saturated rings. The number of aliphatic hydroxyl groups excluding tert-OH is 1. The lowest BCUT2D eigenvalue weighted by Crippen LogP contribution is -2.11. The summed E-state index contributed by atoms with van der Waals surface area (Å²) < 4.78 is 7.05. The Balaban J connectivity index is 2.49. The molecule has 1 heterocycles. The Labute approximate surface area is 106 Å². The summed E-state index contributed by atoms with van der Waals surface area (Å²) >= 11 is 0. The van der Waals surface area contributed by atoms with Gasteiger partial charge in [-0.1, -0.05) is 6.07 Å². The quantitative estimate of drug-likeness (QED) is 0.848. The van der Waals surface area contributed by atoms with E-state index in [-0.39, 0.29) is 6.54 Å². The summed E-state index contributed by atoms with van der Waals surface area (Å²) in [6.45, 7) is 0.193. The molecule has 1 aromatic carbocycles. The van der Waals surface area contributed by atoms with Gasteiger partial charge in [0.2, 0.25) is 0 Å². The average molecular weight is 247 g/mol. The summed E-state index contributed by atoms with van der Waals surface area (Å²) in [5.74, 6) is 0.746. The summed E-state index contributed by atoms with van der Waals surface area (Å²) in [4.78, 5) is 0. The van der Waals surface area contributed by atoms with E-state index in [1.54, 1.807) is 18.0 Å². The van der Waals surface area contributed by atoms with Crippen molar-refractivity contribution in [3.8, 4) is 16.9 Å². The Morgan fingerprint density at radius 2 is 2.28 bits per heavy atom. The fourth-order valence-corrected chi connectivity index (χ4v) is 1.85. The van der Waals surface area contributed by atoms with E-state index < -0.39 is 6.10 Å². The molecule has 0 saturated carbocycles. The van der Waals surface area contributed by atoms with Gasteiger partial charge in [-0.3, -0.25) is 4.68 Å². The molecule has 96 valence electrons. The van der Waals surface area contributed by atoms with Gasteiger partial charge < -0.3 is 15.6 Å². The monoisotopic (exact) mass is 247 g/mol. The van der Waals surface area contributed by atoms with Crippen LogP contribution in [0.2, 0.25) is 0 Å². The van der Waals surface area contributed by atoms with Crippen molar-refractivity contribution < 1.29 is 9.84 Å². The van der Waals surface area contributed by atoms with Crippen LogP contribution in [0.5, 0.6) is 5.75 Å². The zero-order valence-corrected chi connectivity index (χ0v) is 10.5. The lowest BCUT2D eigenvalue weighted by atomic mass is 10.0. The van der Waals surface area contributed by atoms with Crippen molar-refractivity contribution in [2.45, 2.75) is 6.10 Å². The van der Waals surface area contributed by atoms with Crippen molar-refractivity contribution in [2.75, 3.05) is 13.7 Å². The largest absolute Gasteiger partial charge is 0.496 e. The maximum Gasteiger partial charge on any atom is 0.126 e. The van der Waals surface area contributed by atoms with Gasteiger partial charge in [-0.25, -0.2) is 0 Å². The molecule has 0 saturated heterocycles. The number of rotatable bonds is 4. The van der Waals surface area contributed by atoms with Gasteiger partial charge in [-0.15, -0.1) is 0 Å². The smallest absolute Gasteiger partial charge is 0.126 e. The van der Waals surface area contributed by atoms with Crippen molar-refractivity contribution in [2.24, 2.45) is 12.8 Å². The summed E-state index contributed by atoms with van der Waals surface area (Å²) in [5.41, 5.74) is 8.09. The molecule has 2 rings (SSSR count). The molecular weight excluding hydrogens is 230 g/mol. The van der Waals surface area contributed by atoms with Crippen LogP contribution < -0.4 is 10.5 Å². The van der Waals surface area contributed by atoms with Crippen LogP contribution in [0.15, 0.2) is 30.6 Å². The van der Waals surface area contributed by atoms with Crippen LogP contribution >= 0.6 is 0 Å². The maximum absolute atomic E-state index is 9.78. The molecule has 3 N–H and O–H groups in total. The number of aromatic nitrogens is 2. The molecular formula is C13H17N3O2. The zero-order valence-electron chi connectivity index (χ0n) is 10.5. The highest BCUT2D eigenvalue weighted by Gasteiger charge is 2.12. The predicted molar refractivity (Wildman–Crippen MR) is 69.2 cm³/mol. The molecule has 0 aliphatic heterocycles. The van der Waals surface area contributed by atoms with Crippen molar-refractivity contribution in [3.63, 3.8) is 0 Å². The lowest BCUT2D eigenvalue weighted by Gasteiger charge is -2.12. The second-order valence-corrected chi connectivity index (χ2v) is 4.11. The molecule has 2 aromatic rings. The first-order valence-electron chi connectivity index (χ1n) is 5.70. The fourth-order valence-electron chi connectivity index (χ4n) is 1.85. The summed E-state index contributed by atoms with van der Waals surface area (Å²) in [7, 11) is 3.47. The van der Waals surface area contributed by atoms with Crippen molar-refractivity contribution in [1.82, 2.24) is 9.78 Å². The highest BCUT2D eigenvalue weighted by Crippen LogP contribution is 2.32. The summed E-state index contributed by atoms with van der Waals surface area (Å²) in [6.07, 6.45) is 3.00. The Bertz CT molecular complexity index is 537. The Hall–Kier alpha value is -1.85. The third-order valence-electron chi connectivity index (χ3n) is 2.85. The van der Waals surface area contributed by atoms with Crippen LogP contribution in [0.3, 0.4) is 0 Å². The number of hydrogen-bond donors (Lipinski definition) is 2. The van der Waals surface area contributed by atoms with Gasteiger partial charge in [-0.05, 0) is 17.7 Å². The van der Waals surface area contributed by atoms with Crippen LogP contribution in [0.4, 0.5) is 0 Å². The number of hydrogen-bond acceptors (Lipinski definition) is 4. The van der Waals surface area contributed by atoms with Gasteiger partial charge >= 0.3 is 0 Å². The van der Waals surface area contributed by atoms with Crippen molar-refractivity contribution >= 4 is 0 Å². The van der Waals surface area contributed by atoms with Gasteiger partial charge in [0.25, 0.3) is 0 Å². The van der Waals surface area contributed by atoms with Gasteiger partial charge in [-0.2, -0.15) is 5.10 Å². The third kappa shape index (κ3) is 2.37. The van der Waals surface area contributed by atoms with Crippen molar-refractivity contribution in [1.29, 1.82) is 0 Å². The summed E-state index contributed by atoms with van der Waals surface area (Å²) in [5, 5.41) is 13.9. The molecule has 5 heteroatoms. The fraction of sp³-hybridized carbons (Fsp3) is 0.308. The lowest BCUT2D eigenvalue weighted by molar-refractivity contribution is 0.186. The number of methoxy groups -OCH3 is 1. The Morgan fingerprint density at radius 3 is 2.83 bits per heavy atom. The number of benzene rings is 1. The zero-order chi connectivity index (χ0) is 13.1. The molecule has 5 nitrogen and oxygen atoms in total. The first-order chi connectivity index (χ1) is 8.65. The summed E-state index contributed by atoms with van der Waals surface area (Å²) in [6, 6.07) is 5.53. The van der Waals surface area contributed by atoms with Crippen LogP contribution in [0.1, 0.15) is 11.7 Å².